The number of aromatic nitrogens is 2. The van der Waals surface area contributed by atoms with Crippen LogP contribution in [-0.2, 0) is 4.79 Å². The van der Waals surface area contributed by atoms with Crippen LogP contribution in [0.1, 0.15) is 0 Å². The van der Waals surface area contributed by atoms with Gasteiger partial charge in [0.15, 0.2) is 6.61 Å². The zero-order valence-electron chi connectivity index (χ0n) is 11.1. The number of carboxylic acids is 1. The van der Waals surface area contributed by atoms with E-state index in [2.05, 4.69) is 9.97 Å². The summed E-state index contributed by atoms with van der Waals surface area (Å²) in [6.07, 6.45) is 1.72. The standard InChI is InChI=1S/C16H12N2O3/c19-16(20)10-21-12-7-5-11(6-8-12)15-9-17-13-3-1-2-4-14(13)18-15/h1-9H,10H2,(H,19,20). The molecule has 21 heavy (non-hydrogen) atoms. The Morgan fingerprint density at radius 3 is 2.48 bits per heavy atom. The molecule has 0 radical (unpaired) electrons. The van der Waals surface area contributed by atoms with Crippen molar-refractivity contribution in [3.8, 4) is 17.0 Å². The Bertz CT molecular complexity index is 785. The van der Waals surface area contributed by atoms with E-state index in [1.807, 2.05) is 36.4 Å². The number of hydrogen-bond acceptors (Lipinski definition) is 4. The first-order valence-corrected chi connectivity index (χ1v) is 6.39. The van der Waals surface area contributed by atoms with Crippen molar-refractivity contribution < 1.29 is 14.6 Å². The van der Waals surface area contributed by atoms with E-state index in [1.165, 1.54) is 0 Å². The molecule has 3 rings (SSSR count). The summed E-state index contributed by atoms with van der Waals surface area (Å²) in [6, 6.07) is 14.8. The molecule has 0 saturated carbocycles. The van der Waals surface area contributed by atoms with Crippen LogP contribution in [0.5, 0.6) is 5.75 Å². The van der Waals surface area contributed by atoms with Gasteiger partial charge in [0.2, 0.25) is 0 Å². The fraction of sp³-hybridized carbons (Fsp3) is 0.0625. The summed E-state index contributed by atoms with van der Waals surface area (Å²) in [5.74, 6) is -0.491. The molecule has 0 spiro atoms. The fourth-order valence-corrected chi connectivity index (χ4v) is 1.96. The predicted octanol–water partition coefficient (Wildman–Crippen LogP) is 2.76. The molecule has 0 aliphatic heterocycles. The molecular formula is C16H12N2O3. The maximum atomic E-state index is 10.4. The highest BCUT2D eigenvalue weighted by molar-refractivity contribution is 5.76. The second-order valence-corrected chi connectivity index (χ2v) is 4.45. The van der Waals surface area contributed by atoms with E-state index >= 15 is 0 Å². The third-order valence-corrected chi connectivity index (χ3v) is 2.96. The van der Waals surface area contributed by atoms with Crippen LogP contribution in [0, 0.1) is 0 Å². The Morgan fingerprint density at radius 2 is 1.76 bits per heavy atom. The van der Waals surface area contributed by atoms with Gasteiger partial charge in [0.05, 0.1) is 22.9 Å². The van der Waals surface area contributed by atoms with E-state index < -0.39 is 5.97 Å². The molecule has 0 saturated heterocycles. The minimum absolute atomic E-state index is 0.352. The summed E-state index contributed by atoms with van der Waals surface area (Å²) >= 11 is 0. The average Bonchev–Trinajstić information content (AvgIpc) is 2.53. The number of carboxylic acid groups (broad SMARTS) is 1. The third-order valence-electron chi connectivity index (χ3n) is 2.96. The predicted molar refractivity (Wildman–Crippen MR) is 78.1 cm³/mol. The third kappa shape index (κ3) is 2.97. The lowest BCUT2D eigenvalue weighted by atomic mass is 10.1. The van der Waals surface area contributed by atoms with E-state index in [4.69, 9.17) is 9.84 Å². The molecule has 5 heteroatoms. The highest BCUT2D eigenvalue weighted by Gasteiger charge is 2.04. The topological polar surface area (TPSA) is 72.3 Å². The molecule has 104 valence electrons. The van der Waals surface area contributed by atoms with Gasteiger partial charge in [0.1, 0.15) is 5.75 Å². The van der Waals surface area contributed by atoms with Gasteiger partial charge in [0.25, 0.3) is 0 Å². The van der Waals surface area contributed by atoms with Crippen molar-refractivity contribution in [2.75, 3.05) is 6.61 Å². The van der Waals surface area contributed by atoms with Crippen LogP contribution < -0.4 is 4.74 Å². The Morgan fingerprint density at radius 1 is 1.05 bits per heavy atom. The van der Waals surface area contributed by atoms with E-state index in [0.717, 1.165) is 22.3 Å². The second-order valence-electron chi connectivity index (χ2n) is 4.45. The van der Waals surface area contributed by atoms with Crippen LogP contribution in [0.4, 0.5) is 0 Å². The molecule has 0 unspecified atom stereocenters. The van der Waals surface area contributed by atoms with Crippen molar-refractivity contribution in [1.29, 1.82) is 0 Å². The molecule has 0 fully saturated rings. The molecule has 1 N–H and O–H groups in total. The smallest absolute Gasteiger partial charge is 0.341 e. The number of nitrogens with zero attached hydrogens (tertiary/aromatic N) is 2. The Kier molecular flexibility index (Phi) is 3.47. The number of ether oxygens (including phenoxy) is 1. The van der Waals surface area contributed by atoms with Gasteiger partial charge in [-0.1, -0.05) is 12.1 Å². The first kappa shape index (κ1) is 13.1. The minimum atomic E-state index is -1.00. The molecule has 2 aromatic carbocycles. The molecule has 0 atom stereocenters. The van der Waals surface area contributed by atoms with E-state index in [0.29, 0.717) is 5.75 Å². The monoisotopic (exact) mass is 280 g/mol. The summed E-state index contributed by atoms with van der Waals surface area (Å²) in [5.41, 5.74) is 3.35. The zero-order chi connectivity index (χ0) is 14.7. The second kappa shape index (κ2) is 5.58. The maximum absolute atomic E-state index is 10.4. The van der Waals surface area contributed by atoms with Crippen LogP contribution in [0.15, 0.2) is 54.7 Å². The van der Waals surface area contributed by atoms with Gasteiger partial charge in [0, 0.05) is 5.56 Å². The summed E-state index contributed by atoms with van der Waals surface area (Å²) in [6.45, 7) is -0.352. The van der Waals surface area contributed by atoms with E-state index in [9.17, 15) is 4.79 Å². The van der Waals surface area contributed by atoms with Gasteiger partial charge in [-0.05, 0) is 36.4 Å². The number of benzene rings is 2. The molecule has 1 aromatic heterocycles. The summed E-state index contributed by atoms with van der Waals surface area (Å²) in [5, 5.41) is 8.56. The maximum Gasteiger partial charge on any atom is 0.341 e. The van der Waals surface area contributed by atoms with Gasteiger partial charge in [-0.25, -0.2) is 9.78 Å². The normalized spacial score (nSPS) is 10.5. The number of aliphatic carboxylic acids is 1. The molecule has 3 aromatic rings. The van der Waals surface area contributed by atoms with Crippen molar-refractivity contribution in [3.63, 3.8) is 0 Å². The lowest BCUT2D eigenvalue weighted by Crippen LogP contribution is -2.09. The van der Waals surface area contributed by atoms with Crippen molar-refractivity contribution in [2.24, 2.45) is 0 Å². The van der Waals surface area contributed by atoms with Gasteiger partial charge in [-0.15, -0.1) is 0 Å². The van der Waals surface area contributed by atoms with Gasteiger partial charge in [-0.2, -0.15) is 0 Å². The quantitative estimate of drug-likeness (QED) is 0.795. The molecular weight excluding hydrogens is 268 g/mol. The molecule has 5 nitrogen and oxygen atoms in total. The van der Waals surface area contributed by atoms with Crippen LogP contribution in [-0.4, -0.2) is 27.7 Å². The van der Waals surface area contributed by atoms with E-state index in [1.54, 1.807) is 18.3 Å². The van der Waals surface area contributed by atoms with Crippen LogP contribution in [0.3, 0.4) is 0 Å². The lowest BCUT2D eigenvalue weighted by Gasteiger charge is -2.05. The Balaban J connectivity index is 1.86. The van der Waals surface area contributed by atoms with Gasteiger partial charge < -0.3 is 9.84 Å². The van der Waals surface area contributed by atoms with Crippen LogP contribution >= 0.6 is 0 Å². The van der Waals surface area contributed by atoms with Crippen molar-refractivity contribution in [3.05, 3.63) is 54.7 Å². The van der Waals surface area contributed by atoms with Crippen molar-refractivity contribution in [1.82, 2.24) is 9.97 Å². The molecule has 0 aliphatic carbocycles. The fourth-order valence-electron chi connectivity index (χ4n) is 1.96. The molecule has 0 amide bonds. The molecule has 0 aliphatic rings. The number of rotatable bonds is 4. The minimum Gasteiger partial charge on any atom is -0.482 e. The number of fused-ring (bicyclic) bond motifs is 1. The SMILES string of the molecule is O=C(O)COc1ccc(-c2cnc3ccccc3n2)cc1. The van der Waals surface area contributed by atoms with Gasteiger partial charge in [-0.3, -0.25) is 4.98 Å². The summed E-state index contributed by atoms with van der Waals surface area (Å²) in [4.78, 5) is 19.4. The molecule has 1 heterocycles. The largest absolute Gasteiger partial charge is 0.482 e. The van der Waals surface area contributed by atoms with E-state index in [-0.39, 0.29) is 6.61 Å². The molecule has 0 bridgehead atoms. The highest BCUT2D eigenvalue weighted by Crippen LogP contribution is 2.22. The zero-order valence-corrected chi connectivity index (χ0v) is 11.1. The first-order chi connectivity index (χ1) is 10.2. The number of carbonyl (C=O) groups is 1. The van der Waals surface area contributed by atoms with Crippen LogP contribution in [0.2, 0.25) is 0 Å². The average molecular weight is 280 g/mol. The van der Waals surface area contributed by atoms with Crippen molar-refractivity contribution >= 4 is 17.0 Å². The highest BCUT2D eigenvalue weighted by atomic mass is 16.5. The van der Waals surface area contributed by atoms with Crippen molar-refractivity contribution in [2.45, 2.75) is 0 Å². The Hall–Kier alpha value is -2.95. The lowest BCUT2D eigenvalue weighted by molar-refractivity contribution is -0.139. The summed E-state index contributed by atoms with van der Waals surface area (Å²) in [7, 11) is 0. The van der Waals surface area contributed by atoms with Crippen LogP contribution in [0.25, 0.3) is 22.3 Å². The van der Waals surface area contributed by atoms with Gasteiger partial charge >= 0.3 is 5.97 Å². The summed E-state index contributed by atoms with van der Waals surface area (Å²) < 4.78 is 5.09. The first-order valence-electron chi connectivity index (χ1n) is 6.39. The number of hydrogen-bond donors (Lipinski definition) is 1. The Labute approximate surface area is 120 Å². The number of para-hydroxylation sites is 2.